The van der Waals surface area contributed by atoms with E-state index < -0.39 is 0 Å². The number of rotatable bonds is 1. The van der Waals surface area contributed by atoms with Crippen molar-refractivity contribution in [1.82, 2.24) is 14.9 Å². The van der Waals surface area contributed by atoms with Gasteiger partial charge in [-0.1, -0.05) is 42.5 Å². The SMILES string of the molecule is CN1Cc2ccccc2[C@@H](c2ncc3ccccc3n2)C1. The molecule has 2 aromatic carbocycles. The number of fused-ring (bicyclic) bond motifs is 2. The maximum absolute atomic E-state index is 4.79. The molecular formula is C18H17N3. The van der Waals surface area contributed by atoms with Gasteiger partial charge in [-0.05, 0) is 24.2 Å². The number of likely N-dealkylation sites (N-methyl/N-ethyl adjacent to an activating group) is 1. The van der Waals surface area contributed by atoms with Crippen LogP contribution in [0.15, 0.2) is 54.7 Å². The van der Waals surface area contributed by atoms with Gasteiger partial charge in [0.25, 0.3) is 0 Å². The quantitative estimate of drug-likeness (QED) is 0.683. The normalized spacial score (nSPS) is 18.6. The Labute approximate surface area is 124 Å². The van der Waals surface area contributed by atoms with Crippen LogP contribution in [0.2, 0.25) is 0 Å². The van der Waals surface area contributed by atoms with E-state index in [0.29, 0.717) is 0 Å². The lowest BCUT2D eigenvalue weighted by atomic mass is 9.89. The van der Waals surface area contributed by atoms with Crippen LogP contribution in [0.3, 0.4) is 0 Å². The second-order valence-electron chi connectivity index (χ2n) is 5.74. The Hall–Kier alpha value is -2.26. The first-order chi connectivity index (χ1) is 10.3. The average Bonchev–Trinajstić information content (AvgIpc) is 2.53. The molecule has 4 rings (SSSR count). The minimum atomic E-state index is 0.254. The standard InChI is InChI=1S/C18H17N3/c1-21-11-14-7-2-4-8-15(14)16(12-21)18-19-10-13-6-3-5-9-17(13)20-18/h2-10,16H,11-12H2,1H3/t16-/m0/s1. The number of hydrogen-bond acceptors (Lipinski definition) is 3. The van der Waals surface area contributed by atoms with Crippen molar-refractivity contribution in [3.63, 3.8) is 0 Å². The van der Waals surface area contributed by atoms with Crippen LogP contribution in [-0.2, 0) is 6.54 Å². The molecule has 0 unspecified atom stereocenters. The van der Waals surface area contributed by atoms with Gasteiger partial charge >= 0.3 is 0 Å². The lowest BCUT2D eigenvalue weighted by Crippen LogP contribution is -2.31. The number of nitrogens with zero attached hydrogens (tertiary/aromatic N) is 3. The monoisotopic (exact) mass is 275 g/mol. The molecule has 104 valence electrons. The van der Waals surface area contributed by atoms with Gasteiger partial charge < -0.3 is 4.90 Å². The van der Waals surface area contributed by atoms with Gasteiger partial charge in [0.15, 0.2) is 0 Å². The van der Waals surface area contributed by atoms with Crippen LogP contribution in [0.1, 0.15) is 22.9 Å². The highest BCUT2D eigenvalue weighted by Gasteiger charge is 2.26. The fourth-order valence-electron chi connectivity index (χ4n) is 3.16. The van der Waals surface area contributed by atoms with Gasteiger partial charge in [-0.2, -0.15) is 0 Å². The largest absolute Gasteiger partial charge is 0.301 e. The summed E-state index contributed by atoms with van der Waals surface area (Å²) < 4.78 is 0. The van der Waals surface area contributed by atoms with Crippen molar-refractivity contribution in [1.29, 1.82) is 0 Å². The zero-order valence-corrected chi connectivity index (χ0v) is 12.0. The van der Waals surface area contributed by atoms with Crippen LogP contribution in [0.5, 0.6) is 0 Å². The van der Waals surface area contributed by atoms with Crippen molar-refractivity contribution >= 4 is 10.9 Å². The van der Waals surface area contributed by atoms with Crippen LogP contribution < -0.4 is 0 Å². The Kier molecular flexibility index (Phi) is 2.93. The molecule has 0 aliphatic carbocycles. The predicted molar refractivity (Wildman–Crippen MR) is 84.2 cm³/mol. The van der Waals surface area contributed by atoms with Gasteiger partial charge in [-0.25, -0.2) is 9.97 Å². The van der Waals surface area contributed by atoms with Crippen LogP contribution in [0.25, 0.3) is 10.9 Å². The molecular weight excluding hydrogens is 258 g/mol. The number of para-hydroxylation sites is 1. The van der Waals surface area contributed by atoms with Gasteiger partial charge in [0, 0.05) is 24.7 Å². The van der Waals surface area contributed by atoms with Gasteiger partial charge in [-0.3, -0.25) is 0 Å². The summed E-state index contributed by atoms with van der Waals surface area (Å²) in [6.45, 7) is 1.97. The Morgan fingerprint density at radius 1 is 1.05 bits per heavy atom. The first-order valence-corrected chi connectivity index (χ1v) is 7.29. The summed E-state index contributed by atoms with van der Waals surface area (Å²) >= 11 is 0. The van der Waals surface area contributed by atoms with Crippen molar-refractivity contribution in [2.45, 2.75) is 12.5 Å². The molecule has 21 heavy (non-hydrogen) atoms. The third-order valence-corrected chi connectivity index (χ3v) is 4.18. The maximum Gasteiger partial charge on any atom is 0.137 e. The third-order valence-electron chi connectivity index (χ3n) is 4.18. The summed E-state index contributed by atoms with van der Waals surface area (Å²) in [6, 6.07) is 16.8. The molecule has 0 radical (unpaired) electrons. The smallest absolute Gasteiger partial charge is 0.137 e. The summed E-state index contributed by atoms with van der Waals surface area (Å²) in [5.74, 6) is 1.18. The topological polar surface area (TPSA) is 29.0 Å². The fourth-order valence-corrected chi connectivity index (χ4v) is 3.16. The lowest BCUT2D eigenvalue weighted by Gasteiger charge is -2.31. The molecule has 2 heterocycles. The molecule has 0 fully saturated rings. The highest BCUT2D eigenvalue weighted by atomic mass is 15.1. The molecule has 0 N–H and O–H groups in total. The summed E-state index contributed by atoms with van der Waals surface area (Å²) in [6.07, 6.45) is 1.94. The molecule has 1 aliphatic rings. The van der Waals surface area contributed by atoms with E-state index in [1.807, 2.05) is 18.3 Å². The zero-order valence-electron chi connectivity index (χ0n) is 12.0. The fraction of sp³-hybridized carbons (Fsp3) is 0.222. The highest BCUT2D eigenvalue weighted by Crippen LogP contribution is 2.31. The van der Waals surface area contributed by atoms with E-state index in [2.05, 4.69) is 53.3 Å². The average molecular weight is 275 g/mol. The minimum Gasteiger partial charge on any atom is -0.301 e. The van der Waals surface area contributed by atoms with Crippen molar-refractivity contribution in [2.75, 3.05) is 13.6 Å². The first kappa shape index (κ1) is 12.5. The summed E-state index contributed by atoms with van der Waals surface area (Å²) in [5.41, 5.74) is 3.77. The molecule has 1 aromatic heterocycles. The van der Waals surface area contributed by atoms with Crippen molar-refractivity contribution < 1.29 is 0 Å². The second kappa shape index (κ2) is 4.93. The molecule has 0 saturated heterocycles. The van der Waals surface area contributed by atoms with Crippen LogP contribution in [-0.4, -0.2) is 28.5 Å². The predicted octanol–water partition coefficient (Wildman–Crippen LogP) is 3.21. The minimum absolute atomic E-state index is 0.254. The molecule has 0 bridgehead atoms. The lowest BCUT2D eigenvalue weighted by molar-refractivity contribution is 0.291. The van der Waals surface area contributed by atoms with E-state index >= 15 is 0 Å². The van der Waals surface area contributed by atoms with Gasteiger partial charge in [0.2, 0.25) is 0 Å². The summed E-state index contributed by atoms with van der Waals surface area (Å²) in [7, 11) is 2.16. The Bertz CT molecular complexity index is 797. The zero-order chi connectivity index (χ0) is 14.2. The molecule has 0 amide bonds. The van der Waals surface area contributed by atoms with E-state index in [1.165, 1.54) is 11.1 Å². The van der Waals surface area contributed by atoms with Crippen LogP contribution in [0, 0.1) is 0 Å². The Morgan fingerprint density at radius 2 is 1.86 bits per heavy atom. The Balaban J connectivity index is 1.84. The summed E-state index contributed by atoms with van der Waals surface area (Å²) in [5, 5.41) is 1.10. The van der Waals surface area contributed by atoms with E-state index in [-0.39, 0.29) is 5.92 Å². The maximum atomic E-state index is 4.79. The van der Waals surface area contributed by atoms with Crippen molar-refractivity contribution in [3.8, 4) is 0 Å². The number of benzene rings is 2. The highest BCUT2D eigenvalue weighted by molar-refractivity contribution is 5.77. The Morgan fingerprint density at radius 3 is 2.81 bits per heavy atom. The van der Waals surface area contributed by atoms with Crippen molar-refractivity contribution in [3.05, 3.63) is 71.7 Å². The van der Waals surface area contributed by atoms with Gasteiger partial charge in [0.05, 0.1) is 11.4 Å². The molecule has 0 spiro atoms. The van der Waals surface area contributed by atoms with E-state index in [4.69, 9.17) is 4.98 Å². The molecule has 3 heteroatoms. The third kappa shape index (κ3) is 2.20. The molecule has 0 saturated carbocycles. The number of aromatic nitrogens is 2. The van der Waals surface area contributed by atoms with Crippen molar-refractivity contribution in [2.24, 2.45) is 0 Å². The van der Waals surface area contributed by atoms with Crippen LogP contribution >= 0.6 is 0 Å². The number of hydrogen-bond donors (Lipinski definition) is 0. The molecule has 3 nitrogen and oxygen atoms in total. The van der Waals surface area contributed by atoms with E-state index in [0.717, 1.165) is 29.8 Å². The van der Waals surface area contributed by atoms with Gasteiger partial charge in [0.1, 0.15) is 5.82 Å². The molecule has 1 atom stereocenters. The summed E-state index contributed by atoms with van der Waals surface area (Å²) in [4.78, 5) is 11.8. The van der Waals surface area contributed by atoms with E-state index in [9.17, 15) is 0 Å². The van der Waals surface area contributed by atoms with E-state index in [1.54, 1.807) is 0 Å². The molecule has 1 aliphatic heterocycles. The molecule has 3 aromatic rings. The first-order valence-electron chi connectivity index (χ1n) is 7.29. The van der Waals surface area contributed by atoms with Crippen LogP contribution in [0.4, 0.5) is 0 Å². The second-order valence-corrected chi connectivity index (χ2v) is 5.74. The van der Waals surface area contributed by atoms with Gasteiger partial charge in [-0.15, -0.1) is 0 Å².